The molecule has 29 heavy (non-hydrogen) atoms. The Morgan fingerprint density at radius 2 is 2.10 bits per heavy atom. The van der Waals surface area contributed by atoms with E-state index in [2.05, 4.69) is 0 Å². The fourth-order valence-corrected chi connectivity index (χ4v) is 4.85. The zero-order valence-corrected chi connectivity index (χ0v) is 18.2. The van der Waals surface area contributed by atoms with Crippen LogP contribution in [0.2, 0.25) is 10.0 Å². The highest BCUT2D eigenvalue weighted by Gasteiger charge is 2.25. The second-order valence-corrected chi connectivity index (χ2v) is 8.77. The van der Waals surface area contributed by atoms with E-state index in [-0.39, 0.29) is 12.0 Å². The molecule has 4 rings (SSSR count). The Morgan fingerprint density at radius 1 is 1.28 bits per heavy atom. The number of carbonyl (C=O) groups excluding carboxylic acids is 1. The minimum atomic E-state index is -0.159. The van der Waals surface area contributed by atoms with Crippen LogP contribution in [-0.2, 0) is 9.53 Å². The Morgan fingerprint density at radius 3 is 2.83 bits per heavy atom. The maximum atomic E-state index is 13.1. The van der Waals surface area contributed by atoms with Gasteiger partial charge < -0.3 is 4.74 Å². The summed E-state index contributed by atoms with van der Waals surface area (Å²) in [7, 11) is 0. The molecule has 0 spiro atoms. The molecule has 0 bridgehead atoms. The highest BCUT2D eigenvalue weighted by Crippen LogP contribution is 2.36. The molecule has 1 atom stereocenters. The first-order chi connectivity index (χ1) is 14.0. The van der Waals surface area contributed by atoms with E-state index in [4.69, 9.17) is 32.9 Å². The van der Waals surface area contributed by atoms with Crippen LogP contribution in [0.3, 0.4) is 0 Å². The second kappa shape index (κ2) is 8.84. The van der Waals surface area contributed by atoms with Gasteiger partial charge in [0.25, 0.3) is 5.91 Å². The number of rotatable bonds is 5. The van der Waals surface area contributed by atoms with E-state index in [0.29, 0.717) is 21.7 Å². The number of fused-ring (bicyclic) bond motifs is 1. The van der Waals surface area contributed by atoms with Crippen molar-refractivity contribution in [3.8, 4) is 0 Å². The predicted molar refractivity (Wildman–Crippen MR) is 121 cm³/mol. The molecule has 150 valence electrons. The molecular formula is C22H20Cl2N2O2S. The van der Waals surface area contributed by atoms with Crippen molar-refractivity contribution in [1.29, 1.82) is 0 Å². The van der Waals surface area contributed by atoms with Gasteiger partial charge >= 0.3 is 0 Å². The number of aryl methyl sites for hydroxylation is 1. The van der Waals surface area contributed by atoms with Gasteiger partial charge in [-0.3, -0.25) is 9.69 Å². The quantitative estimate of drug-likeness (QED) is 0.442. The molecule has 0 N–H and O–H groups in total. The van der Waals surface area contributed by atoms with Crippen LogP contribution in [0.25, 0.3) is 16.3 Å². The molecule has 1 amide bonds. The number of anilines is 1. The summed E-state index contributed by atoms with van der Waals surface area (Å²) in [5.41, 5.74) is 2.66. The van der Waals surface area contributed by atoms with Crippen molar-refractivity contribution in [2.45, 2.75) is 25.9 Å². The summed E-state index contributed by atoms with van der Waals surface area (Å²) in [6.07, 6.45) is 5.22. The minimum absolute atomic E-state index is 0.0104. The average molecular weight is 447 g/mol. The molecule has 7 heteroatoms. The Labute approximate surface area is 183 Å². The van der Waals surface area contributed by atoms with Gasteiger partial charge in [0.05, 0.1) is 27.9 Å². The van der Waals surface area contributed by atoms with Gasteiger partial charge in [0.2, 0.25) is 0 Å². The molecule has 1 fully saturated rings. The van der Waals surface area contributed by atoms with Gasteiger partial charge in [-0.25, -0.2) is 4.98 Å². The smallest absolute Gasteiger partial charge is 0.252 e. The Balaban J connectivity index is 1.68. The van der Waals surface area contributed by atoms with E-state index >= 15 is 0 Å². The predicted octanol–water partition coefficient (Wildman–Crippen LogP) is 6.14. The molecule has 4 nitrogen and oxygen atoms in total. The van der Waals surface area contributed by atoms with Crippen LogP contribution in [0.15, 0.2) is 42.5 Å². The van der Waals surface area contributed by atoms with E-state index < -0.39 is 0 Å². The Bertz CT molecular complexity index is 1030. The Kier molecular flexibility index (Phi) is 6.20. The lowest BCUT2D eigenvalue weighted by Gasteiger charge is -2.21. The lowest BCUT2D eigenvalue weighted by molar-refractivity contribution is -0.114. The second-order valence-electron chi connectivity index (χ2n) is 6.98. The van der Waals surface area contributed by atoms with Crippen molar-refractivity contribution in [2.24, 2.45) is 0 Å². The molecule has 0 saturated carbocycles. The van der Waals surface area contributed by atoms with Gasteiger partial charge in [0.15, 0.2) is 5.13 Å². The van der Waals surface area contributed by atoms with Gasteiger partial charge in [0.1, 0.15) is 0 Å². The number of hydrogen-bond donors (Lipinski definition) is 0. The van der Waals surface area contributed by atoms with Crippen LogP contribution < -0.4 is 4.90 Å². The topological polar surface area (TPSA) is 42.4 Å². The van der Waals surface area contributed by atoms with Crippen molar-refractivity contribution >= 4 is 61.9 Å². The summed E-state index contributed by atoms with van der Waals surface area (Å²) >= 11 is 14.0. The van der Waals surface area contributed by atoms with E-state index in [0.717, 1.165) is 40.8 Å². The summed E-state index contributed by atoms with van der Waals surface area (Å²) in [5, 5.41) is 1.87. The molecule has 2 heterocycles. The Hall–Kier alpha value is -1.92. The average Bonchev–Trinajstić information content (AvgIpc) is 3.38. The van der Waals surface area contributed by atoms with Crippen LogP contribution in [0.1, 0.15) is 24.0 Å². The summed E-state index contributed by atoms with van der Waals surface area (Å²) in [5.74, 6) is -0.159. The zero-order chi connectivity index (χ0) is 20.4. The standard InChI is InChI=1S/C22H20Cl2N2O2S/c1-14-8-10-18(24)21-20(14)25-22(29-21)26(13-16-6-4-12-28-16)19(27)11-9-15-5-2-3-7-17(15)23/h2-3,5,7-11,16H,4,6,12-13H2,1H3/b11-9+. The highest BCUT2D eigenvalue weighted by molar-refractivity contribution is 7.23. The van der Waals surface area contributed by atoms with Crippen LogP contribution in [0.4, 0.5) is 5.13 Å². The van der Waals surface area contributed by atoms with Gasteiger partial charge in [0, 0.05) is 17.7 Å². The van der Waals surface area contributed by atoms with E-state index in [1.54, 1.807) is 17.0 Å². The summed E-state index contributed by atoms with van der Waals surface area (Å²) in [6, 6.07) is 11.2. The van der Waals surface area contributed by atoms with Crippen LogP contribution >= 0.6 is 34.5 Å². The van der Waals surface area contributed by atoms with E-state index in [1.165, 1.54) is 17.4 Å². The highest BCUT2D eigenvalue weighted by atomic mass is 35.5. The third-order valence-electron chi connectivity index (χ3n) is 4.90. The fourth-order valence-electron chi connectivity index (χ4n) is 3.32. The number of nitrogens with zero attached hydrogens (tertiary/aromatic N) is 2. The largest absolute Gasteiger partial charge is 0.376 e. The fraction of sp³-hybridized carbons (Fsp3) is 0.273. The number of carbonyl (C=O) groups is 1. The number of hydrogen-bond acceptors (Lipinski definition) is 4. The zero-order valence-electron chi connectivity index (χ0n) is 15.9. The maximum absolute atomic E-state index is 13.1. The van der Waals surface area contributed by atoms with Crippen molar-refractivity contribution in [1.82, 2.24) is 4.98 Å². The third kappa shape index (κ3) is 4.48. The van der Waals surface area contributed by atoms with Crippen molar-refractivity contribution in [3.05, 3.63) is 63.6 Å². The molecule has 1 unspecified atom stereocenters. The number of benzene rings is 2. The minimum Gasteiger partial charge on any atom is -0.376 e. The van der Waals surface area contributed by atoms with Gasteiger partial charge in [-0.05, 0) is 49.1 Å². The van der Waals surface area contributed by atoms with Crippen molar-refractivity contribution in [2.75, 3.05) is 18.1 Å². The summed E-state index contributed by atoms with van der Waals surface area (Å²) in [6.45, 7) is 3.18. The molecule has 1 aromatic heterocycles. The number of aromatic nitrogens is 1. The van der Waals surface area contributed by atoms with E-state index in [9.17, 15) is 4.79 Å². The molecule has 2 aromatic carbocycles. The lowest BCUT2D eigenvalue weighted by atomic mass is 10.2. The van der Waals surface area contributed by atoms with Crippen LogP contribution in [0.5, 0.6) is 0 Å². The normalized spacial score (nSPS) is 16.7. The maximum Gasteiger partial charge on any atom is 0.252 e. The van der Waals surface area contributed by atoms with Gasteiger partial charge in [-0.1, -0.05) is 58.8 Å². The molecule has 1 aliphatic rings. The first kappa shape index (κ1) is 20.4. The molecule has 1 aliphatic heterocycles. The van der Waals surface area contributed by atoms with Gasteiger partial charge in [-0.2, -0.15) is 0 Å². The van der Waals surface area contributed by atoms with Gasteiger partial charge in [-0.15, -0.1) is 0 Å². The number of thiazole rings is 1. The molecular weight excluding hydrogens is 427 g/mol. The SMILES string of the molecule is Cc1ccc(Cl)c2sc(N(CC3CCCO3)C(=O)/C=C/c3ccccc3Cl)nc12. The lowest BCUT2D eigenvalue weighted by Crippen LogP contribution is -2.36. The van der Waals surface area contributed by atoms with Crippen molar-refractivity contribution in [3.63, 3.8) is 0 Å². The number of halogens is 2. The van der Waals surface area contributed by atoms with Crippen molar-refractivity contribution < 1.29 is 9.53 Å². The van der Waals surface area contributed by atoms with E-state index in [1.807, 2.05) is 37.3 Å². The third-order valence-corrected chi connectivity index (χ3v) is 6.79. The molecule has 1 saturated heterocycles. The first-order valence-electron chi connectivity index (χ1n) is 9.44. The molecule has 0 radical (unpaired) electrons. The monoisotopic (exact) mass is 446 g/mol. The summed E-state index contributed by atoms with van der Waals surface area (Å²) < 4.78 is 6.66. The molecule has 0 aliphatic carbocycles. The summed E-state index contributed by atoms with van der Waals surface area (Å²) in [4.78, 5) is 19.6. The number of ether oxygens (including phenoxy) is 1. The number of amides is 1. The molecule has 3 aromatic rings. The van der Waals surface area contributed by atoms with Crippen LogP contribution in [0, 0.1) is 6.92 Å². The first-order valence-corrected chi connectivity index (χ1v) is 11.0. The van der Waals surface area contributed by atoms with Crippen LogP contribution in [-0.4, -0.2) is 30.1 Å².